The highest BCUT2D eigenvalue weighted by molar-refractivity contribution is 9.10. The van der Waals surface area contributed by atoms with E-state index in [-0.39, 0.29) is 17.7 Å². The highest BCUT2D eigenvalue weighted by atomic mass is 79.9. The summed E-state index contributed by atoms with van der Waals surface area (Å²) in [7, 11) is 6.81. The fourth-order valence-corrected chi connectivity index (χ4v) is 5.70. The zero-order valence-electron chi connectivity index (χ0n) is 20.7. The average Bonchev–Trinajstić information content (AvgIpc) is 3.36. The van der Waals surface area contributed by atoms with Crippen LogP contribution in [0.3, 0.4) is 0 Å². The molecule has 1 aliphatic heterocycles. The van der Waals surface area contributed by atoms with Gasteiger partial charge in [0.05, 0.1) is 41.1 Å². The van der Waals surface area contributed by atoms with E-state index in [0.717, 1.165) is 4.47 Å². The molecule has 190 valence electrons. The van der Waals surface area contributed by atoms with Crippen LogP contribution in [0.1, 0.15) is 31.2 Å². The third kappa shape index (κ3) is 4.60. The summed E-state index contributed by atoms with van der Waals surface area (Å²) in [5, 5.41) is 0. The van der Waals surface area contributed by atoms with Gasteiger partial charge in [0, 0.05) is 37.9 Å². The number of nitrogens with zero attached hydrogens (tertiary/aromatic N) is 3. The molecule has 0 unspecified atom stereocenters. The Balaban J connectivity index is 1.97. The summed E-state index contributed by atoms with van der Waals surface area (Å²) >= 11 is 4.70. The molecule has 9 nitrogen and oxygen atoms in total. The van der Waals surface area contributed by atoms with Crippen LogP contribution in [-0.2, 0) is 9.53 Å². The number of anilines is 1. The number of fused-ring (bicyclic) bond motifs is 1. The first kappa shape index (κ1) is 25.8. The molecule has 4 rings (SSSR count). The van der Waals surface area contributed by atoms with Crippen molar-refractivity contribution >= 4 is 45.2 Å². The van der Waals surface area contributed by atoms with E-state index in [0.29, 0.717) is 43.7 Å². The number of methoxy groups -OCH3 is 2. The van der Waals surface area contributed by atoms with Gasteiger partial charge in [-0.1, -0.05) is 11.3 Å². The SMILES string of the molecule is CCOC(=O)C1=C(C)N=c2s/c(=C/c3cc(Br)c(N(C)C)o3)c(=O)n2[C@H]1c1ccc(OC)cc1OC. The third-order valence-electron chi connectivity index (χ3n) is 5.62. The Morgan fingerprint density at radius 2 is 2.03 bits per heavy atom. The molecular weight excluding hydrogens is 550 g/mol. The van der Waals surface area contributed by atoms with Crippen LogP contribution in [0.25, 0.3) is 6.08 Å². The number of carbonyl (C=O) groups excluding carboxylic acids is 1. The highest BCUT2D eigenvalue weighted by Gasteiger charge is 2.35. The number of furan rings is 1. The molecule has 11 heteroatoms. The number of esters is 1. The Hall–Kier alpha value is -3.31. The molecule has 1 aromatic carbocycles. The van der Waals surface area contributed by atoms with Gasteiger partial charge >= 0.3 is 5.97 Å². The topological polar surface area (TPSA) is 95.5 Å². The Bertz CT molecular complexity index is 1530. The number of thiazole rings is 1. The minimum Gasteiger partial charge on any atom is -0.497 e. The molecule has 1 aliphatic rings. The first-order chi connectivity index (χ1) is 17.2. The van der Waals surface area contributed by atoms with E-state index < -0.39 is 12.0 Å². The predicted molar refractivity (Wildman–Crippen MR) is 141 cm³/mol. The van der Waals surface area contributed by atoms with Gasteiger partial charge in [0.25, 0.3) is 5.56 Å². The minimum atomic E-state index is -0.802. The molecule has 3 aromatic rings. The lowest BCUT2D eigenvalue weighted by atomic mass is 9.95. The standard InChI is InChI=1S/C25H26BrN3O6S/c1-7-34-24(31)20-13(2)27-25-29(21(20)16-9-8-14(32-5)11-18(16)33-6)22(30)19(36-25)12-15-10-17(26)23(35-15)28(3)4/h8-12,21H,7H2,1-6H3/b19-12+/t21-/m0/s1. The van der Waals surface area contributed by atoms with Crippen molar-refractivity contribution in [2.24, 2.45) is 4.99 Å². The van der Waals surface area contributed by atoms with Crippen molar-refractivity contribution in [2.75, 3.05) is 39.8 Å². The number of hydrogen-bond donors (Lipinski definition) is 0. The van der Waals surface area contributed by atoms with Crippen LogP contribution in [-0.4, -0.2) is 45.5 Å². The second kappa shape index (κ2) is 10.4. The molecule has 3 heterocycles. The van der Waals surface area contributed by atoms with Crippen LogP contribution in [0.5, 0.6) is 11.5 Å². The van der Waals surface area contributed by atoms with Crippen LogP contribution < -0.4 is 29.3 Å². The van der Waals surface area contributed by atoms with Gasteiger partial charge in [0.1, 0.15) is 23.3 Å². The molecule has 0 saturated carbocycles. The molecule has 0 N–H and O–H groups in total. The highest BCUT2D eigenvalue weighted by Crippen LogP contribution is 2.37. The van der Waals surface area contributed by atoms with Crippen molar-refractivity contribution in [3.8, 4) is 11.5 Å². The molecule has 0 fully saturated rings. The summed E-state index contributed by atoms with van der Waals surface area (Å²) in [6.45, 7) is 3.66. The van der Waals surface area contributed by atoms with Gasteiger partial charge in [0.2, 0.25) is 5.88 Å². The van der Waals surface area contributed by atoms with E-state index in [1.54, 1.807) is 51.3 Å². The summed E-state index contributed by atoms with van der Waals surface area (Å²) in [5.74, 6) is 1.66. The van der Waals surface area contributed by atoms with E-state index in [9.17, 15) is 9.59 Å². The number of benzene rings is 1. The first-order valence-corrected chi connectivity index (χ1v) is 12.7. The zero-order valence-corrected chi connectivity index (χ0v) is 23.2. The number of ether oxygens (including phenoxy) is 3. The van der Waals surface area contributed by atoms with E-state index in [4.69, 9.17) is 18.6 Å². The van der Waals surface area contributed by atoms with Crippen molar-refractivity contribution in [1.82, 2.24) is 4.57 Å². The van der Waals surface area contributed by atoms with Crippen molar-refractivity contribution in [3.05, 3.63) is 71.0 Å². The molecule has 1 atom stereocenters. The van der Waals surface area contributed by atoms with E-state index in [2.05, 4.69) is 20.9 Å². The third-order valence-corrected chi connectivity index (χ3v) is 7.17. The molecule has 2 aromatic heterocycles. The Kier molecular flexibility index (Phi) is 7.41. The first-order valence-electron chi connectivity index (χ1n) is 11.1. The predicted octanol–water partition coefficient (Wildman–Crippen LogP) is 3.24. The van der Waals surface area contributed by atoms with Gasteiger partial charge in [-0.05, 0) is 41.9 Å². The van der Waals surface area contributed by atoms with Gasteiger partial charge in [-0.25, -0.2) is 9.79 Å². The Morgan fingerprint density at radius 1 is 1.28 bits per heavy atom. The van der Waals surface area contributed by atoms with Crippen molar-refractivity contribution in [3.63, 3.8) is 0 Å². The average molecular weight is 576 g/mol. The van der Waals surface area contributed by atoms with Gasteiger partial charge in [-0.2, -0.15) is 0 Å². The molecule has 0 spiro atoms. The van der Waals surface area contributed by atoms with Crippen LogP contribution in [0, 0.1) is 0 Å². The summed E-state index contributed by atoms with van der Waals surface area (Å²) in [5.41, 5.74) is 1.04. The quantitative estimate of drug-likeness (QED) is 0.399. The molecule has 0 radical (unpaired) electrons. The maximum absolute atomic E-state index is 13.8. The maximum Gasteiger partial charge on any atom is 0.338 e. The van der Waals surface area contributed by atoms with Crippen LogP contribution in [0.15, 0.2) is 54.2 Å². The summed E-state index contributed by atoms with van der Waals surface area (Å²) in [6.07, 6.45) is 1.67. The van der Waals surface area contributed by atoms with Crippen molar-refractivity contribution in [2.45, 2.75) is 19.9 Å². The molecule has 0 aliphatic carbocycles. The number of rotatable bonds is 7. The molecular formula is C25H26BrN3O6S. The van der Waals surface area contributed by atoms with E-state index >= 15 is 0 Å². The Morgan fingerprint density at radius 3 is 2.64 bits per heavy atom. The minimum absolute atomic E-state index is 0.189. The lowest BCUT2D eigenvalue weighted by Crippen LogP contribution is -2.40. The van der Waals surface area contributed by atoms with E-state index in [1.807, 2.05) is 19.0 Å². The number of aromatic nitrogens is 1. The second-order valence-electron chi connectivity index (χ2n) is 8.11. The van der Waals surface area contributed by atoms with Gasteiger partial charge in [-0.3, -0.25) is 9.36 Å². The number of carbonyl (C=O) groups is 1. The van der Waals surface area contributed by atoms with E-state index in [1.165, 1.54) is 23.0 Å². The molecule has 0 saturated heterocycles. The molecule has 36 heavy (non-hydrogen) atoms. The number of halogens is 1. The number of allylic oxidation sites excluding steroid dienone is 1. The second-order valence-corrected chi connectivity index (χ2v) is 9.97. The van der Waals surface area contributed by atoms with Crippen molar-refractivity contribution in [1.29, 1.82) is 0 Å². The number of hydrogen-bond acceptors (Lipinski definition) is 9. The lowest BCUT2D eigenvalue weighted by Gasteiger charge is -2.26. The summed E-state index contributed by atoms with van der Waals surface area (Å²) < 4.78 is 24.9. The molecule has 0 amide bonds. The van der Waals surface area contributed by atoms with Crippen molar-refractivity contribution < 1.29 is 23.4 Å². The maximum atomic E-state index is 13.8. The summed E-state index contributed by atoms with van der Waals surface area (Å²) in [6, 6.07) is 6.25. The molecule has 0 bridgehead atoms. The Labute approximate surface area is 220 Å². The summed E-state index contributed by atoms with van der Waals surface area (Å²) in [4.78, 5) is 33.7. The van der Waals surface area contributed by atoms with Crippen LogP contribution in [0.2, 0.25) is 0 Å². The lowest BCUT2D eigenvalue weighted by molar-refractivity contribution is -0.139. The monoisotopic (exact) mass is 575 g/mol. The zero-order chi connectivity index (χ0) is 26.1. The van der Waals surface area contributed by atoms with Gasteiger partial charge in [-0.15, -0.1) is 0 Å². The van der Waals surface area contributed by atoms with Crippen LogP contribution in [0.4, 0.5) is 5.88 Å². The smallest absolute Gasteiger partial charge is 0.338 e. The normalized spacial score (nSPS) is 15.4. The fraction of sp³-hybridized carbons (Fsp3) is 0.320. The van der Waals surface area contributed by atoms with Gasteiger partial charge in [0.15, 0.2) is 4.80 Å². The fourth-order valence-electron chi connectivity index (χ4n) is 4.01. The van der Waals surface area contributed by atoms with Crippen LogP contribution >= 0.6 is 27.3 Å². The van der Waals surface area contributed by atoms with Gasteiger partial charge < -0.3 is 23.5 Å². The largest absolute Gasteiger partial charge is 0.497 e.